The monoisotopic (exact) mass is 443 g/mol. The van der Waals surface area contributed by atoms with E-state index >= 15 is 0 Å². The van der Waals surface area contributed by atoms with Crippen LogP contribution in [0.1, 0.15) is 68.2 Å². The molecule has 33 heavy (non-hydrogen) atoms. The minimum Gasteiger partial charge on any atom is -0.347 e. The van der Waals surface area contributed by atoms with Crippen LogP contribution in [-0.4, -0.2) is 21.8 Å². The number of fused-ring (bicyclic) bond motifs is 1. The number of carbonyl (C=O) groups excluding carboxylic acids is 2. The van der Waals surface area contributed by atoms with Crippen LogP contribution in [0, 0.1) is 17.1 Å². The number of carbonyl (C=O) groups is 2. The highest BCUT2D eigenvalue weighted by Gasteiger charge is 2.25. The topological polar surface area (TPSA) is 108 Å². The summed E-state index contributed by atoms with van der Waals surface area (Å²) in [5.41, 5.74) is 4.15. The Kier molecular flexibility index (Phi) is 6.41. The lowest BCUT2D eigenvalue weighted by Gasteiger charge is -2.14. The van der Waals surface area contributed by atoms with Crippen molar-refractivity contribution in [2.24, 2.45) is 0 Å². The molecule has 0 fully saturated rings. The molecule has 1 aliphatic carbocycles. The first-order valence-corrected chi connectivity index (χ1v) is 10.7. The number of aryl methyl sites for hydroxylation is 2. The van der Waals surface area contributed by atoms with Crippen molar-refractivity contribution in [3.05, 3.63) is 93.8 Å². The molecule has 0 bridgehead atoms. The van der Waals surface area contributed by atoms with Gasteiger partial charge in [-0.2, -0.15) is 5.26 Å². The number of nitrogens with one attached hydrogen (secondary N) is 2. The Balaban J connectivity index is 1.41. The smallest absolute Gasteiger partial charge is 0.270 e. The maximum Gasteiger partial charge on any atom is 0.270 e. The zero-order chi connectivity index (χ0) is 23.4. The second-order valence-electron chi connectivity index (χ2n) is 7.84. The summed E-state index contributed by atoms with van der Waals surface area (Å²) in [7, 11) is 0. The van der Waals surface area contributed by atoms with Gasteiger partial charge >= 0.3 is 0 Å². The Morgan fingerprint density at radius 2 is 1.91 bits per heavy atom. The fraction of sp³-hybridized carbons (Fsp3) is 0.240. The minimum absolute atomic E-state index is 0.0680. The molecular weight excluding hydrogens is 421 g/mol. The molecule has 4 rings (SSSR count). The predicted molar refractivity (Wildman–Crippen MR) is 119 cm³/mol. The van der Waals surface area contributed by atoms with Gasteiger partial charge in [0.1, 0.15) is 23.5 Å². The highest BCUT2D eigenvalue weighted by molar-refractivity contribution is 5.97. The summed E-state index contributed by atoms with van der Waals surface area (Å²) >= 11 is 0. The molecule has 0 unspecified atom stereocenters. The van der Waals surface area contributed by atoms with E-state index in [1.807, 2.05) is 19.1 Å². The first-order chi connectivity index (χ1) is 16.0. The third-order valence-corrected chi connectivity index (χ3v) is 5.73. The molecule has 0 aliphatic heterocycles. The summed E-state index contributed by atoms with van der Waals surface area (Å²) in [6.45, 7) is 2.07. The van der Waals surface area contributed by atoms with Crippen LogP contribution in [0.25, 0.3) is 0 Å². The molecule has 0 saturated carbocycles. The van der Waals surface area contributed by atoms with Gasteiger partial charge in [-0.05, 0) is 59.7 Å². The van der Waals surface area contributed by atoms with Crippen LogP contribution in [0.4, 0.5) is 4.39 Å². The molecule has 7 nitrogen and oxygen atoms in total. The van der Waals surface area contributed by atoms with Crippen molar-refractivity contribution < 1.29 is 14.0 Å². The molecule has 2 N–H and O–H groups in total. The number of nitrogens with zero attached hydrogens (tertiary/aromatic N) is 3. The Labute approximate surface area is 190 Å². The van der Waals surface area contributed by atoms with Crippen LogP contribution in [0.5, 0.6) is 0 Å². The van der Waals surface area contributed by atoms with Crippen LogP contribution >= 0.6 is 0 Å². The van der Waals surface area contributed by atoms with Crippen molar-refractivity contribution in [3.8, 4) is 6.07 Å². The SMILES string of the molecule is CCc1cc(CNC(=O)c2cc(C(=O)N[C@@H]3CCc4cc(C#N)ccc43)ncn2)ccc1F. The van der Waals surface area contributed by atoms with E-state index in [-0.39, 0.29) is 29.8 Å². The zero-order valence-corrected chi connectivity index (χ0v) is 18.1. The molecule has 1 heterocycles. The third-order valence-electron chi connectivity index (χ3n) is 5.73. The number of halogens is 1. The van der Waals surface area contributed by atoms with Crippen molar-refractivity contribution >= 4 is 11.8 Å². The second-order valence-corrected chi connectivity index (χ2v) is 7.84. The Morgan fingerprint density at radius 1 is 1.12 bits per heavy atom. The number of nitriles is 1. The van der Waals surface area contributed by atoms with Gasteiger partial charge in [0.25, 0.3) is 11.8 Å². The van der Waals surface area contributed by atoms with Gasteiger partial charge in [-0.1, -0.05) is 25.1 Å². The van der Waals surface area contributed by atoms with Crippen LogP contribution in [0.3, 0.4) is 0 Å². The van der Waals surface area contributed by atoms with Gasteiger partial charge in [0, 0.05) is 12.6 Å². The summed E-state index contributed by atoms with van der Waals surface area (Å²) in [6, 6.07) is 13.5. The third kappa shape index (κ3) is 4.88. The molecule has 2 amide bonds. The van der Waals surface area contributed by atoms with Crippen LogP contribution in [-0.2, 0) is 19.4 Å². The average molecular weight is 443 g/mol. The van der Waals surface area contributed by atoms with E-state index < -0.39 is 11.8 Å². The molecule has 1 aliphatic rings. The summed E-state index contributed by atoms with van der Waals surface area (Å²) < 4.78 is 13.7. The maximum atomic E-state index is 13.7. The molecule has 2 aromatic carbocycles. The van der Waals surface area contributed by atoms with Gasteiger partial charge in [-0.15, -0.1) is 0 Å². The number of amides is 2. The van der Waals surface area contributed by atoms with Gasteiger partial charge in [0.15, 0.2) is 0 Å². The van der Waals surface area contributed by atoms with Crippen molar-refractivity contribution in [1.82, 2.24) is 20.6 Å². The Morgan fingerprint density at radius 3 is 2.67 bits per heavy atom. The normalized spacial score (nSPS) is 14.3. The Bertz CT molecular complexity index is 1270. The standard InChI is InChI=1S/C25H22FN5O2/c1-2-17-10-16(4-7-20(17)26)13-28-24(32)22-11-23(30-14-29-22)25(33)31-21-8-5-18-9-15(12-27)3-6-19(18)21/h3-4,6-7,9-11,14,21H,2,5,8,13H2,1H3,(H,28,32)(H,31,33)/t21-/m1/s1. The van der Waals surface area contributed by atoms with E-state index in [1.165, 1.54) is 18.5 Å². The number of hydrogen-bond acceptors (Lipinski definition) is 5. The van der Waals surface area contributed by atoms with Gasteiger partial charge in [0.2, 0.25) is 0 Å². The number of benzene rings is 2. The zero-order valence-electron chi connectivity index (χ0n) is 18.1. The first-order valence-electron chi connectivity index (χ1n) is 10.7. The quantitative estimate of drug-likeness (QED) is 0.607. The first kappa shape index (κ1) is 22.1. The lowest BCUT2D eigenvalue weighted by Crippen LogP contribution is -2.29. The largest absolute Gasteiger partial charge is 0.347 e. The van der Waals surface area contributed by atoms with Crippen LogP contribution < -0.4 is 10.6 Å². The number of rotatable bonds is 6. The molecule has 166 valence electrons. The van der Waals surface area contributed by atoms with Gasteiger partial charge in [-0.25, -0.2) is 14.4 Å². The molecule has 0 radical (unpaired) electrons. The molecule has 0 spiro atoms. The second kappa shape index (κ2) is 9.57. The van der Waals surface area contributed by atoms with Crippen molar-refractivity contribution in [3.63, 3.8) is 0 Å². The van der Waals surface area contributed by atoms with Crippen LogP contribution in [0.2, 0.25) is 0 Å². The summed E-state index contributed by atoms with van der Waals surface area (Å²) in [6.07, 6.45) is 3.24. The minimum atomic E-state index is -0.455. The maximum absolute atomic E-state index is 13.7. The fourth-order valence-electron chi connectivity index (χ4n) is 3.96. The van der Waals surface area contributed by atoms with E-state index in [0.29, 0.717) is 17.5 Å². The predicted octanol–water partition coefficient (Wildman–Crippen LogP) is 3.40. The molecule has 3 aromatic rings. The van der Waals surface area contributed by atoms with Crippen molar-refractivity contribution in [2.75, 3.05) is 0 Å². The summed E-state index contributed by atoms with van der Waals surface area (Å²) in [5, 5.41) is 14.7. The van der Waals surface area contributed by atoms with Crippen LogP contribution in [0.15, 0.2) is 48.8 Å². The number of aromatic nitrogens is 2. The van der Waals surface area contributed by atoms with Crippen molar-refractivity contribution in [2.45, 2.75) is 38.8 Å². The summed E-state index contributed by atoms with van der Waals surface area (Å²) in [4.78, 5) is 33.3. The van der Waals surface area contributed by atoms with E-state index in [9.17, 15) is 14.0 Å². The highest BCUT2D eigenvalue weighted by Crippen LogP contribution is 2.31. The lowest BCUT2D eigenvalue weighted by molar-refractivity contribution is 0.0931. The van der Waals surface area contributed by atoms with Gasteiger partial charge in [0.05, 0.1) is 17.7 Å². The molecule has 8 heteroatoms. The van der Waals surface area contributed by atoms with E-state index in [0.717, 1.165) is 29.5 Å². The fourth-order valence-corrected chi connectivity index (χ4v) is 3.96. The molecule has 0 saturated heterocycles. The average Bonchev–Trinajstić information content (AvgIpc) is 3.25. The molecule has 1 atom stereocenters. The van der Waals surface area contributed by atoms with E-state index in [4.69, 9.17) is 5.26 Å². The van der Waals surface area contributed by atoms with Crippen molar-refractivity contribution in [1.29, 1.82) is 5.26 Å². The van der Waals surface area contributed by atoms with Gasteiger partial charge in [-0.3, -0.25) is 9.59 Å². The number of hydrogen-bond donors (Lipinski definition) is 2. The highest BCUT2D eigenvalue weighted by atomic mass is 19.1. The lowest BCUT2D eigenvalue weighted by atomic mass is 10.1. The van der Waals surface area contributed by atoms with E-state index in [2.05, 4.69) is 26.7 Å². The summed E-state index contributed by atoms with van der Waals surface area (Å²) in [5.74, 6) is -1.13. The van der Waals surface area contributed by atoms with Gasteiger partial charge < -0.3 is 10.6 Å². The molecular formula is C25H22FN5O2. The Hall–Kier alpha value is -4.12. The van der Waals surface area contributed by atoms with E-state index in [1.54, 1.807) is 18.2 Å². The molecule has 1 aromatic heterocycles.